The summed E-state index contributed by atoms with van der Waals surface area (Å²) in [5.41, 5.74) is 4.61. The van der Waals surface area contributed by atoms with Crippen molar-refractivity contribution in [1.82, 2.24) is 20.0 Å². The van der Waals surface area contributed by atoms with Gasteiger partial charge in [0.2, 0.25) is 0 Å². The van der Waals surface area contributed by atoms with E-state index in [1.54, 1.807) is 0 Å². The Bertz CT molecular complexity index is 1510. The molecular formula is C26H24N4O4. The molecule has 8 heteroatoms. The van der Waals surface area contributed by atoms with Gasteiger partial charge in [0.1, 0.15) is 17.0 Å². The number of hydrogen-bond donors (Lipinski definition) is 0. The van der Waals surface area contributed by atoms with E-state index >= 15 is 0 Å². The molecule has 5 heterocycles. The van der Waals surface area contributed by atoms with Crippen molar-refractivity contribution in [3.05, 3.63) is 65.1 Å². The Balaban J connectivity index is 1.37. The zero-order chi connectivity index (χ0) is 23.4. The van der Waals surface area contributed by atoms with Gasteiger partial charge in [-0.15, -0.1) is 0 Å². The van der Waals surface area contributed by atoms with Gasteiger partial charge in [0.05, 0.1) is 28.3 Å². The standard InChI is InChI=1S/C26H24N4O4/c1-14-11-18(16(3)32-14)21-12-19(23-15(2)29-34-25(23)28-21)26(31)30-10-6-7-17(13-30)24-27-20-8-4-5-9-22(20)33-24/h4-5,8-9,11-12,17H,6-7,10,13H2,1-3H3. The molecule has 0 spiro atoms. The number of benzene rings is 1. The van der Waals surface area contributed by atoms with Crippen LogP contribution in [0.15, 0.2) is 49.8 Å². The Morgan fingerprint density at radius 1 is 1.09 bits per heavy atom. The summed E-state index contributed by atoms with van der Waals surface area (Å²) >= 11 is 0. The number of pyridine rings is 1. The Kier molecular flexibility index (Phi) is 4.76. The highest BCUT2D eigenvalue weighted by atomic mass is 16.5. The highest BCUT2D eigenvalue weighted by Crippen LogP contribution is 2.33. The summed E-state index contributed by atoms with van der Waals surface area (Å²) in [5.74, 6) is 2.19. The maximum Gasteiger partial charge on any atom is 0.259 e. The van der Waals surface area contributed by atoms with Crippen molar-refractivity contribution in [3.63, 3.8) is 0 Å². The van der Waals surface area contributed by atoms with E-state index in [2.05, 4.69) is 15.1 Å². The maximum atomic E-state index is 13.8. The maximum absolute atomic E-state index is 13.8. The molecule has 0 saturated carbocycles. The molecular weight excluding hydrogens is 432 g/mol. The molecule has 6 rings (SSSR count). The molecule has 1 atom stereocenters. The lowest BCUT2D eigenvalue weighted by molar-refractivity contribution is 0.0701. The van der Waals surface area contributed by atoms with Crippen LogP contribution >= 0.6 is 0 Å². The number of para-hydroxylation sites is 2. The lowest BCUT2D eigenvalue weighted by Crippen LogP contribution is -2.39. The summed E-state index contributed by atoms with van der Waals surface area (Å²) in [5, 5.41) is 4.73. The number of fused-ring (bicyclic) bond motifs is 2. The molecule has 1 aromatic carbocycles. The zero-order valence-corrected chi connectivity index (χ0v) is 19.3. The highest BCUT2D eigenvalue weighted by molar-refractivity contribution is 6.07. The lowest BCUT2D eigenvalue weighted by Gasteiger charge is -2.31. The topological polar surface area (TPSA) is 98.4 Å². The van der Waals surface area contributed by atoms with Crippen LogP contribution in [-0.4, -0.2) is 39.0 Å². The molecule has 1 saturated heterocycles. The average Bonchev–Trinajstić information content (AvgIpc) is 3.54. The van der Waals surface area contributed by atoms with Crippen molar-refractivity contribution in [1.29, 1.82) is 0 Å². The normalized spacial score (nSPS) is 16.6. The van der Waals surface area contributed by atoms with Crippen LogP contribution in [0, 0.1) is 20.8 Å². The Morgan fingerprint density at radius 2 is 1.94 bits per heavy atom. The summed E-state index contributed by atoms with van der Waals surface area (Å²) in [4.78, 5) is 25.0. The number of nitrogens with zero attached hydrogens (tertiary/aromatic N) is 4. The van der Waals surface area contributed by atoms with Crippen LogP contribution in [-0.2, 0) is 0 Å². The van der Waals surface area contributed by atoms with E-state index < -0.39 is 0 Å². The minimum absolute atomic E-state index is 0.0456. The number of amides is 1. The van der Waals surface area contributed by atoms with Gasteiger partial charge < -0.3 is 18.3 Å². The molecule has 1 aliphatic rings. The number of likely N-dealkylation sites (tertiary alicyclic amines) is 1. The second-order valence-electron chi connectivity index (χ2n) is 8.94. The number of carbonyl (C=O) groups is 1. The summed E-state index contributed by atoms with van der Waals surface area (Å²) < 4.78 is 17.2. The van der Waals surface area contributed by atoms with E-state index in [4.69, 9.17) is 13.4 Å². The van der Waals surface area contributed by atoms with Crippen LogP contribution in [0.1, 0.15) is 52.2 Å². The van der Waals surface area contributed by atoms with E-state index in [1.165, 1.54) is 0 Å². The number of rotatable bonds is 3. The first-order chi connectivity index (χ1) is 16.5. The van der Waals surface area contributed by atoms with Gasteiger partial charge in [-0.3, -0.25) is 4.79 Å². The quantitative estimate of drug-likeness (QED) is 0.350. The summed E-state index contributed by atoms with van der Waals surface area (Å²) in [6.45, 7) is 6.81. The van der Waals surface area contributed by atoms with Crippen LogP contribution in [0.5, 0.6) is 0 Å². The van der Waals surface area contributed by atoms with Crippen molar-refractivity contribution in [2.24, 2.45) is 0 Å². The van der Waals surface area contributed by atoms with Crippen molar-refractivity contribution >= 4 is 28.1 Å². The van der Waals surface area contributed by atoms with Gasteiger partial charge in [-0.05, 0) is 57.9 Å². The van der Waals surface area contributed by atoms with Gasteiger partial charge >= 0.3 is 0 Å². The zero-order valence-electron chi connectivity index (χ0n) is 19.3. The Morgan fingerprint density at radius 3 is 2.74 bits per heavy atom. The third-order valence-corrected chi connectivity index (χ3v) is 6.53. The fourth-order valence-corrected chi connectivity index (χ4v) is 4.88. The fourth-order valence-electron chi connectivity index (χ4n) is 4.88. The number of oxazole rings is 1. The SMILES string of the molecule is Cc1cc(-c2cc(C(=O)N3CCCC(c4nc5ccccc5o4)C3)c3c(C)noc3n2)c(C)o1. The van der Waals surface area contributed by atoms with E-state index in [9.17, 15) is 4.79 Å². The lowest BCUT2D eigenvalue weighted by atomic mass is 9.96. The molecule has 5 aromatic rings. The van der Waals surface area contributed by atoms with Gasteiger partial charge in [-0.25, -0.2) is 9.97 Å². The fraction of sp³-hybridized carbons (Fsp3) is 0.308. The molecule has 8 nitrogen and oxygen atoms in total. The van der Waals surface area contributed by atoms with Crippen LogP contribution in [0.4, 0.5) is 0 Å². The number of piperidine rings is 1. The summed E-state index contributed by atoms with van der Waals surface area (Å²) in [7, 11) is 0. The summed E-state index contributed by atoms with van der Waals surface area (Å²) in [6, 6.07) is 11.5. The first-order valence-electron chi connectivity index (χ1n) is 11.5. The second kappa shape index (κ2) is 7.83. The van der Waals surface area contributed by atoms with Crippen molar-refractivity contribution in [2.75, 3.05) is 13.1 Å². The minimum Gasteiger partial charge on any atom is -0.466 e. The van der Waals surface area contributed by atoms with E-state index in [0.717, 1.165) is 41.0 Å². The monoisotopic (exact) mass is 456 g/mol. The first kappa shape index (κ1) is 20.7. The van der Waals surface area contributed by atoms with Gasteiger partial charge in [0.25, 0.3) is 11.6 Å². The third-order valence-electron chi connectivity index (χ3n) is 6.53. The molecule has 1 unspecified atom stereocenters. The molecule has 0 aliphatic carbocycles. The predicted molar refractivity (Wildman–Crippen MR) is 126 cm³/mol. The second-order valence-corrected chi connectivity index (χ2v) is 8.94. The molecule has 1 aliphatic heterocycles. The number of furan rings is 1. The van der Waals surface area contributed by atoms with E-state index in [0.29, 0.717) is 47.0 Å². The van der Waals surface area contributed by atoms with Crippen LogP contribution in [0.3, 0.4) is 0 Å². The van der Waals surface area contributed by atoms with E-state index in [1.807, 2.05) is 62.1 Å². The third kappa shape index (κ3) is 3.37. The molecule has 4 aromatic heterocycles. The predicted octanol–water partition coefficient (Wildman–Crippen LogP) is 5.57. The Hall–Kier alpha value is -3.94. The number of hydrogen-bond acceptors (Lipinski definition) is 7. The van der Waals surface area contributed by atoms with Crippen molar-refractivity contribution in [3.8, 4) is 11.3 Å². The number of carbonyl (C=O) groups excluding carboxylic acids is 1. The van der Waals surface area contributed by atoms with Crippen LogP contribution in [0.2, 0.25) is 0 Å². The van der Waals surface area contributed by atoms with Crippen LogP contribution < -0.4 is 0 Å². The Labute approximate surface area is 195 Å². The molecule has 0 N–H and O–H groups in total. The molecule has 34 heavy (non-hydrogen) atoms. The summed E-state index contributed by atoms with van der Waals surface area (Å²) in [6.07, 6.45) is 1.80. The molecule has 1 amide bonds. The average molecular weight is 457 g/mol. The molecule has 0 radical (unpaired) electrons. The minimum atomic E-state index is -0.0707. The number of aryl methyl sites for hydroxylation is 3. The van der Waals surface area contributed by atoms with E-state index in [-0.39, 0.29) is 11.8 Å². The molecule has 0 bridgehead atoms. The molecule has 172 valence electrons. The highest BCUT2D eigenvalue weighted by Gasteiger charge is 2.31. The van der Waals surface area contributed by atoms with Gasteiger partial charge in [0, 0.05) is 18.7 Å². The largest absolute Gasteiger partial charge is 0.466 e. The van der Waals surface area contributed by atoms with Crippen LogP contribution in [0.25, 0.3) is 33.5 Å². The van der Waals surface area contributed by atoms with Gasteiger partial charge in [0.15, 0.2) is 11.5 Å². The van der Waals surface area contributed by atoms with Crippen molar-refractivity contribution < 1.29 is 18.2 Å². The van der Waals surface area contributed by atoms with Crippen molar-refractivity contribution in [2.45, 2.75) is 39.5 Å². The first-order valence-corrected chi connectivity index (χ1v) is 11.5. The number of aromatic nitrogens is 3. The molecule has 1 fully saturated rings. The smallest absolute Gasteiger partial charge is 0.259 e. The van der Waals surface area contributed by atoms with Gasteiger partial charge in [-0.2, -0.15) is 0 Å². The van der Waals surface area contributed by atoms with Gasteiger partial charge in [-0.1, -0.05) is 17.3 Å².